The molecule has 0 N–H and O–H groups in total. The minimum Gasteiger partial charge on any atom is -0.0717 e. The van der Waals surface area contributed by atoms with Crippen molar-refractivity contribution in [2.45, 2.75) is 31.7 Å². The molecule has 1 heterocycles. The van der Waals surface area contributed by atoms with Gasteiger partial charge in [0.15, 0.2) is 0 Å². The summed E-state index contributed by atoms with van der Waals surface area (Å²) in [6.07, 6.45) is 0. The number of hydrogen-bond donors (Lipinski definition) is 0. The van der Waals surface area contributed by atoms with Crippen molar-refractivity contribution in [1.82, 2.24) is 0 Å². The van der Waals surface area contributed by atoms with Gasteiger partial charge in [-0.3, -0.25) is 0 Å². The van der Waals surface area contributed by atoms with Gasteiger partial charge in [0.05, 0.1) is 0 Å². The summed E-state index contributed by atoms with van der Waals surface area (Å²) in [6.45, 7) is 7.52. The SMILES string of the molecule is C[Si](C)(C)[Si]1CC1. The second-order valence-corrected chi connectivity index (χ2v) is 16.7. The summed E-state index contributed by atoms with van der Waals surface area (Å²) in [6, 6.07) is 3.28. The Morgan fingerprint density at radius 3 is 1.57 bits per heavy atom. The molecule has 0 bridgehead atoms. The zero-order valence-corrected chi connectivity index (χ0v) is 7.41. The zero-order valence-electron chi connectivity index (χ0n) is 5.41. The largest absolute Gasteiger partial charge is 0.0717 e. The molecule has 1 rings (SSSR count). The molecule has 7 heavy (non-hydrogen) atoms. The van der Waals surface area contributed by atoms with Gasteiger partial charge in [-0.15, -0.1) is 0 Å². The van der Waals surface area contributed by atoms with Crippen LogP contribution < -0.4 is 0 Å². The Bertz CT molecular complexity index is 68.6. The van der Waals surface area contributed by atoms with Crippen molar-refractivity contribution in [3.8, 4) is 0 Å². The third-order valence-corrected chi connectivity index (χ3v) is 12.5. The first-order valence-electron chi connectivity index (χ1n) is 2.96. The van der Waals surface area contributed by atoms with Crippen LogP contribution in [0.4, 0.5) is 0 Å². The van der Waals surface area contributed by atoms with Crippen LogP contribution in [-0.2, 0) is 0 Å². The van der Waals surface area contributed by atoms with Crippen LogP contribution in [0.5, 0.6) is 0 Å². The quantitative estimate of drug-likeness (QED) is 0.474. The van der Waals surface area contributed by atoms with Crippen LogP contribution in [-0.4, -0.2) is 15.9 Å². The van der Waals surface area contributed by atoms with E-state index in [0.29, 0.717) is 8.31 Å². The third kappa shape index (κ3) is 1.42. The zero-order chi connectivity index (χ0) is 5.49. The van der Waals surface area contributed by atoms with E-state index in [1.54, 1.807) is 12.1 Å². The Hall–Kier alpha value is 0.434. The minimum absolute atomic E-state index is 0.339. The van der Waals surface area contributed by atoms with E-state index in [4.69, 9.17) is 0 Å². The Kier molecular flexibility index (Phi) is 1.16. The molecule has 2 heteroatoms. The fourth-order valence-electron chi connectivity index (χ4n) is 0.812. The normalized spacial score (nSPS) is 22.7. The highest BCUT2D eigenvalue weighted by Gasteiger charge is 2.36. The van der Waals surface area contributed by atoms with Gasteiger partial charge in [-0.2, -0.15) is 0 Å². The lowest BCUT2D eigenvalue weighted by Gasteiger charge is -2.11. The van der Waals surface area contributed by atoms with Crippen LogP contribution >= 0.6 is 0 Å². The molecule has 1 saturated heterocycles. The minimum atomic E-state index is -0.522. The Labute approximate surface area is 48.3 Å². The van der Waals surface area contributed by atoms with Gasteiger partial charge in [0.1, 0.15) is 0 Å². The van der Waals surface area contributed by atoms with E-state index in [-0.39, 0.29) is 0 Å². The summed E-state index contributed by atoms with van der Waals surface area (Å²) in [5, 5.41) is 0. The van der Waals surface area contributed by atoms with E-state index in [2.05, 4.69) is 19.6 Å². The molecule has 0 nitrogen and oxygen atoms in total. The first-order chi connectivity index (χ1) is 3.11. The van der Waals surface area contributed by atoms with Crippen LogP contribution in [0.15, 0.2) is 0 Å². The predicted molar refractivity (Wildman–Crippen MR) is 38.7 cm³/mol. The van der Waals surface area contributed by atoms with Crippen molar-refractivity contribution in [2.24, 2.45) is 0 Å². The monoisotopic (exact) mass is 129 g/mol. The summed E-state index contributed by atoms with van der Waals surface area (Å²) in [7, 11) is -0.183. The van der Waals surface area contributed by atoms with Crippen LogP contribution in [0.3, 0.4) is 0 Å². The maximum absolute atomic E-state index is 2.51. The van der Waals surface area contributed by atoms with Crippen LogP contribution in [0.1, 0.15) is 0 Å². The van der Waals surface area contributed by atoms with E-state index in [1.165, 1.54) is 0 Å². The molecular formula is C5H13Si2. The van der Waals surface area contributed by atoms with Gasteiger partial charge in [-0.05, 0) is 0 Å². The van der Waals surface area contributed by atoms with Crippen LogP contribution in [0.2, 0.25) is 31.7 Å². The van der Waals surface area contributed by atoms with Gasteiger partial charge >= 0.3 is 0 Å². The van der Waals surface area contributed by atoms with Gasteiger partial charge in [0.25, 0.3) is 0 Å². The van der Waals surface area contributed by atoms with Crippen molar-refractivity contribution in [2.75, 3.05) is 0 Å². The molecule has 0 aromatic heterocycles. The molecule has 0 atom stereocenters. The van der Waals surface area contributed by atoms with E-state index in [9.17, 15) is 0 Å². The average Bonchev–Trinajstić information content (AvgIpc) is 1.99. The molecule has 0 aliphatic carbocycles. The average molecular weight is 129 g/mol. The molecule has 1 fully saturated rings. The summed E-state index contributed by atoms with van der Waals surface area (Å²) < 4.78 is 0. The molecule has 0 amide bonds. The van der Waals surface area contributed by atoms with E-state index in [0.717, 1.165) is 0 Å². The molecular weight excluding hydrogens is 116 g/mol. The lowest BCUT2D eigenvalue weighted by atomic mass is 11.0. The topological polar surface area (TPSA) is 0 Å². The Morgan fingerprint density at radius 1 is 1.14 bits per heavy atom. The summed E-state index contributed by atoms with van der Waals surface area (Å²) in [5.41, 5.74) is 0. The maximum Gasteiger partial charge on any atom is 0.0394 e. The second-order valence-electron chi connectivity index (χ2n) is 3.35. The molecule has 0 aromatic carbocycles. The van der Waals surface area contributed by atoms with Gasteiger partial charge in [0.2, 0.25) is 0 Å². The van der Waals surface area contributed by atoms with E-state index in [1.807, 2.05) is 0 Å². The van der Waals surface area contributed by atoms with Crippen molar-refractivity contribution in [1.29, 1.82) is 0 Å². The Balaban J connectivity index is 2.36. The summed E-state index contributed by atoms with van der Waals surface area (Å²) in [4.78, 5) is 0. The van der Waals surface area contributed by atoms with Crippen molar-refractivity contribution in [3.63, 3.8) is 0 Å². The van der Waals surface area contributed by atoms with Gasteiger partial charge in [0, 0.05) is 15.9 Å². The van der Waals surface area contributed by atoms with Crippen LogP contribution in [0, 0.1) is 0 Å². The summed E-state index contributed by atoms with van der Waals surface area (Å²) in [5.74, 6) is 0. The highest BCUT2D eigenvalue weighted by molar-refractivity contribution is 7.35. The fourth-order valence-corrected chi connectivity index (χ4v) is 8.44. The third-order valence-electron chi connectivity index (χ3n) is 1.56. The predicted octanol–water partition coefficient (Wildman–Crippen LogP) is 1.91. The molecule has 1 radical (unpaired) electrons. The van der Waals surface area contributed by atoms with Crippen molar-refractivity contribution >= 4 is 15.9 Å². The maximum atomic E-state index is 2.51. The first kappa shape index (κ1) is 5.57. The number of hydrogen-bond acceptors (Lipinski definition) is 0. The molecule has 1 aliphatic heterocycles. The summed E-state index contributed by atoms with van der Waals surface area (Å²) >= 11 is 0. The smallest absolute Gasteiger partial charge is 0.0394 e. The Morgan fingerprint density at radius 2 is 1.57 bits per heavy atom. The number of rotatable bonds is 1. The molecule has 1 aliphatic rings. The van der Waals surface area contributed by atoms with E-state index < -0.39 is 7.59 Å². The lowest BCUT2D eigenvalue weighted by Crippen LogP contribution is -2.31. The molecule has 0 saturated carbocycles. The molecule has 0 unspecified atom stereocenters. The molecule has 0 spiro atoms. The second kappa shape index (κ2) is 1.45. The lowest BCUT2D eigenvalue weighted by molar-refractivity contribution is 1.69. The van der Waals surface area contributed by atoms with E-state index >= 15 is 0 Å². The van der Waals surface area contributed by atoms with Gasteiger partial charge < -0.3 is 0 Å². The highest BCUT2D eigenvalue weighted by Crippen LogP contribution is 2.29. The first-order valence-corrected chi connectivity index (χ1v) is 9.37. The molecule has 41 valence electrons. The fraction of sp³-hybridized carbons (Fsp3) is 1.00. The van der Waals surface area contributed by atoms with Gasteiger partial charge in [-0.1, -0.05) is 31.7 Å². The van der Waals surface area contributed by atoms with Gasteiger partial charge in [-0.25, -0.2) is 0 Å². The van der Waals surface area contributed by atoms with Crippen LogP contribution in [0.25, 0.3) is 0 Å². The standard InChI is InChI=1S/C5H13Si2/c1-7(2,3)6-4-5-6/h4-5H2,1-3H3. The highest BCUT2D eigenvalue weighted by atomic mass is 29.2. The van der Waals surface area contributed by atoms with Crippen molar-refractivity contribution < 1.29 is 0 Å². The van der Waals surface area contributed by atoms with Crippen molar-refractivity contribution in [3.05, 3.63) is 0 Å². The molecule has 0 aromatic rings.